The number of fused-ring (bicyclic) bond motifs is 4. The molecule has 0 aliphatic carbocycles. The smallest absolute Gasteiger partial charge is 0.205 e. The molecule has 2 heterocycles. The Labute approximate surface area is 176 Å². The average molecular weight is 554 g/mol. The summed E-state index contributed by atoms with van der Waals surface area (Å²) in [6.45, 7) is 7.79. The molecular formula is C21H22O6W. The van der Waals surface area contributed by atoms with Crippen molar-refractivity contribution in [1.29, 1.82) is 0 Å². The SMILES string of the molecule is CC.COc1cc2oc3cc(O)cc(O)c3c(=O)c2c2c1OC(C)(C)C=C2.[W]. The molecule has 0 saturated heterocycles. The van der Waals surface area contributed by atoms with Gasteiger partial charge in [-0.15, -0.1) is 0 Å². The van der Waals surface area contributed by atoms with Gasteiger partial charge in [0.1, 0.15) is 33.7 Å². The Bertz CT molecular complexity index is 1130. The Balaban J connectivity index is 0.000000906. The quantitative estimate of drug-likeness (QED) is 0.429. The minimum atomic E-state index is -0.543. The Hall–Kier alpha value is -2.46. The molecule has 2 aromatic carbocycles. The maximum atomic E-state index is 13.0. The van der Waals surface area contributed by atoms with Gasteiger partial charge in [0, 0.05) is 44.8 Å². The summed E-state index contributed by atoms with van der Waals surface area (Å²) >= 11 is 0. The number of hydrogen-bond acceptors (Lipinski definition) is 6. The molecule has 0 atom stereocenters. The number of ether oxygens (including phenoxy) is 2. The van der Waals surface area contributed by atoms with Crippen LogP contribution in [0.1, 0.15) is 33.3 Å². The van der Waals surface area contributed by atoms with Crippen LogP contribution in [0.5, 0.6) is 23.0 Å². The number of phenols is 2. The Kier molecular flexibility index (Phi) is 6.14. The van der Waals surface area contributed by atoms with Gasteiger partial charge in [0.25, 0.3) is 0 Å². The molecule has 2 N–H and O–H groups in total. The van der Waals surface area contributed by atoms with Crippen molar-refractivity contribution in [3.8, 4) is 23.0 Å². The topological polar surface area (TPSA) is 89.1 Å². The van der Waals surface area contributed by atoms with Crippen molar-refractivity contribution in [2.24, 2.45) is 0 Å². The first-order valence-corrected chi connectivity index (χ1v) is 8.72. The molecule has 7 heteroatoms. The first-order valence-electron chi connectivity index (χ1n) is 8.72. The molecule has 0 amide bonds. The summed E-state index contributed by atoms with van der Waals surface area (Å²) in [4.78, 5) is 13.0. The number of hydrogen-bond donors (Lipinski definition) is 2. The van der Waals surface area contributed by atoms with Gasteiger partial charge in [0.05, 0.1) is 12.5 Å². The first kappa shape index (κ1) is 21.8. The molecule has 0 bridgehead atoms. The molecule has 28 heavy (non-hydrogen) atoms. The van der Waals surface area contributed by atoms with E-state index in [2.05, 4.69) is 0 Å². The van der Waals surface area contributed by atoms with E-state index in [-0.39, 0.29) is 54.5 Å². The molecule has 1 aliphatic rings. The zero-order valence-electron chi connectivity index (χ0n) is 16.3. The van der Waals surface area contributed by atoms with Gasteiger partial charge in [-0.1, -0.05) is 19.9 Å². The van der Waals surface area contributed by atoms with Crippen LogP contribution >= 0.6 is 0 Å². The van der Waals surface area contributed by atoms with Crippen LogP contribution in [-0.4, -0.2) is 22.9 Å². The summed E-state index contributed by atoms with van der Waals surface area (Å²) in [5.41, 5.74) is -0.0275. The van der Waals surface area contributed by atoms with Crippen molar-refractivity contribution in [3.05, 3.63) is 40.1 Å². The number of phenolic OH excluding ortho intramolecular Hbond substituents is 2. The van der Waals surface area contributed by atoms with E-state index in [0.29, 0.717) is 17.1 Å². The molecule has 0 fully saturated rings. The Morgan fingerprint density at radius 3 is 2.32 bits per heavy atom. The zero-order valence-corrected chi connectivity index (χ0v) is 19.3. The Morgan fingerprint density at radius 2 is 1.68 bits per heavy atom. The molecule has 148 valence electrons. The van der Waals surface area contributed by atoms with Crippen LogP contribution in [0.3, 0.4) is 0 Å². The fourth-order valence-electron chi connectivity index (χ4n) is 3.09. The van der Waals surface area contributed by atoms with E-state index < -0.39 is 11.0 Å². The van der Waals surface area contributed by atoms with Crippen LogP contribution in [-0.2, 0) is 21.1 Å². The monoisotopic (exact) mass is 554 g/mol. The van der Waals surface area contributed by atoms with Crippen molar-refractivity contribution in [3.63, 3.8) is 0 Å². The van der Waals surface area contributed by atoms with Crippen LogP contribution < -0.4 is 14.9 Å². The van der Waals surface area contributed by atoms with E-state index in [1.807, 2.05) is 33.8 Å². The van der Waals surface area contributed by atoms with Gasteiger partial charge in [-0.05, 0) is 19.9 Å². The van der Waals surface area contributed by atoms with Gasteiger partial charge in [-0.2, -0.15) is 0 Å². The van der Waals surface area contributed by atoms with E-state index in [9.17, 15) is 15.0 Å². The van der Waals surface area contributed by atoms with Gasteiger partial charge >= 0.3 is 0 Å². The second kappa shape index (κ2) is 7.88. The zero-order chi connectivity index (χ0) is 19.9. The van der Waals surface area contributed by atoms with Crippen LogP contribution in [0.2, 0.25) is 0 Å². The molecule has 1 aromatic heterocycles. The van der Waals surface area contributed by atoms with E-state index >= 15 is 0 Å². The number of methoxy groups -OCH3 is 1. The third-order valence-electron chi connectivity index (χ3n) is 4.22. The molecule has 0 unspecified atom stereocenters. The third kappa shape index (κ3) is 3.49. The van der Waals surface area contributed by atoms with Gasteiger partial charge in [-0.3, -0.25) is 4.79 Å². The summed E-state index contributed by atoms with van der Waals surface area (Å²) in [5.74, 6) is 0.359. The van der Waals surface area contributed by atoms with Crippen molar-refractivity contribution in [1.82, 2.24) is 0 Å². The van der Waals surface area contributed by atoms with Crippen molar-refractivity contribution < 1.29 is 45.2 Å². The summed E-state index contributed by atoms with van der Waals surface area (Å²) in [6.07, 6.45) is 3.64. The fraction of sp³-hybridized carbons (Fsp3) is 0.286. The molecule has 4 rings (SSSR count). The number of rotatable bonds is 1. The van der Waals surface area contributed by atoms with Crippen LogP contribution in [0.15, 0.2) is 33.5 Å². The van der Waals surface area contributed by atoms with E-state index in [1.165, 1.54) is 13.2 Å². The fourth-order valence-corrected chi connectivity index (χ4v) is 3.09. The van der Waals surface area contributed by atoms with Crippen LogP contribution in [0.4, 0.5) is 0 Å². The second-order valence-corrected chi connectivity index (χ2v) is 6.50. The third-order valence-corrected chi connectivity index (χ3v) is 4.22. The maximum absolute atomic E-state index is 13.0. The minimum absolute atomic E-state index is 0. The molecular weight excluding hydrogens is 532 g/mol. The number of aromatic hydroxyl groups is 2. The van der Waals surface area contributed by atoms with E-state index in [1.54, 1.807) is 12.1 Å². The predicted octanol–water partition coefficient (Wildman–Crippen LogP) is 4.57. The summed E-state index contributed by atoms with van der Waals surface area (Å²) in [7, 11) is 1.51. The summed E-state index contributed by atoms with van der Waals surface area (Å²) < 4.78 is 17.1. The molecule has 0 radical (unpaired) electrons. The molecule has 0 spiro atoms. The summed E-state index contributed by atoms with van der Waals surface area (Å²) in [6, 6.07) is 3.97. The predicted molar refractivity (Wildman–Crippen MR) is 105 cm³/mol. The van der Waals surface area contributed by atoms with Gasteiger partial charge in [0.2, 0.25) is 5.43 Å². The molecule has 6 nitrogen and oxygen atoms in total. The van der Waals surface area contributed by atoms with Crippen LogP contribution in [0, 0.1) is 0 Å². The van der Waals surface area contributed by atoms with Gasteiger partial charge < -0.3 is 24.1 Å². The summed E-state index contributed by atoms with van der Waals surface area (Å²) in [5, 5.41) is 20.0. The van der Waals surface area contributed by atoms with Crippen molar-refractivity contribution in [2.45, 2.75) is 33.3 Å². The van der Waals surface area contributed by atoms with Gasteiger partial charge in [0.15, 0.2) is 11.5 Å². The van der Waals surface area contributed by atoms with Gasteiger partial charge in [-0.25, -0.2) is 0 Å². The van der Waals surface area contributed by atoms with E-state index in [0.717, 1.165) is 6.07 Å². The number of benzene rings is 2. The largest absolute Gasteiger partial charge is 0.508 e. The Morgan fingerprint density at radius 1 is 1.04 bits per heavy atom. The second-order valence-electron chi connectivity index (χ2n) is 6.50. The first-order chi connectivity index (χ1) is 12.8. The van der Waals surface area contributed by atoms with Crippen LogP contribution in [0.25, 0.3) is 28.0 Å². The van der Waals surface area contributed by atoms with E-state index in [4.69, 9.17) is 13.9 Å². The molecule has 1 aliphatic heterocycles. The normalized spacial score (nSPS) is 13.8. The van der Waals surface area contributed by atoms with Crippen molar-refractivity contribution >= 4 is 28.0 Å². The van der Waals surface area contributed by atoms with Crippen molar-refractivity contribution in [2.75, 3.05) is 7.11 Å². The molecule has 3 aromatic rings. The maximum Gasteiger partial charge on any atom is 0.205 e. The molecule has 0 saturated carbocycles. The average Bonchev–Trinajstić information content (AvgIpc) is 2.61. The standard InChI is InChI=1S/C19H16O6.C2H6.W/c1-19(2)5-4-10-15-13(8-14(23-3)18(10)25-19)24-12-7-9(20)6-11(21)16(12)17(15)22;1-2;/h4-8,20-21H,1-3H3;1-2H3;. The minimum Gasteiger partial charge on any atom is -0.508 e.